The molecular weight excluding hydrogens is 473 g/mol. The summed E-state index contributed by atoms with van der Waals surface area (Å²) in [5, 5.41) is 19.7. The van der Waals surface area contributed by atoms with Crippen LogP contribution in [0.3, 0.4) is 0 Å². The van der Waals surface area contributed by atoms with Crippen LogP contribution in [0.1, 0.15) is 11.6 Å². The van der Waals surface area contributed by atoms with Crippen molar-refractivity contribution in [3.63, 3.8) is 0 Å². The molecule has 1 aliphatic rings. The molecule has 0 amide bonds. The first-order valence-electron chi connectivity index (χ1n) is 10.7. The van der Waals surface area contributed by atoms with Gasteiger partial charge in [-0.15, -0.1) is 10.2 Å². The van der Waals surface area contributed by atoms with Gasteiger partial charge < -0.3 is 14.1 Å². The number of nitrogens with zero attached hydrogens (tertiary/aromatic N) is 5. The number of hydrogen-bond acceptors (Lipinski definition) is 6. The van der Waals surface area contributed by atoms with Crippen LogP contribution in [0.25, 0.3) is 28.7 Å². The highest BCUT2D eigenvalue weighted by Gasteiger charge is 2.23. The number of nitriles is 1. The van der Waals surface area contributed by atoms with E-state index in [1.165, 1.54) is 0 Å². The lowest BCUT2D eigenvalue weighted by Gasteiger charge is -2.28. The van der Waals surface area contributed by atoms with Crippen molar-refractivity contribution in [3.8, 4) is 23.1 Å². The molecule has 170 valence electrons. The van der Waals surface area contributed by atoms with Gasteiger partial charge in [0.15, 0.2) is 5.82 Å². The van der Waals surface area contributed by atoms with E-state index in [1.807, 2.05) is 41.0 Å². The van der Waals surface area contributed by atoms with E-state index < -0.39 is 0 Å². The maximum Gasteiger partial charge on any atom is 0.232 e. The number of ether oxygens (including phenoxy) is 1. The Labute approximate surface area is 206 Å². The number of hydrogen-bond donors (Lipinski definition) is 0. The molecular formula is C25H19Cl2N5O2. The molecule has 0 unspecified atom stereocenters. The van der Waals surface area contributed by atoms with Gasteiger partial charge >= 0.3 is 0 Å². The fourth-order valence-electron chi connectivity index (χ4n) is 3.79. The van der Waals surface area contributed by atoms with Crippen LogP contribution in [0.2, 0.25) is 10.0 Å². The zero-order valence-electron chi connectivity index (χ0n) is 18.0. The van der Waals surface area contributed by atoms with E-state index in [9.17, 15) is 5.26 Å². The highest BCUT2D eigenvalue weighted by atomic mass is 35.5. The lowest BCUT2D eigenvalue weighted by Crippen LogP contribution is -2.38. The van der Waals surface area contributed by atoms with Gasteiger partial charge in [-0.2, -0.15) is 5.26 Å². The monoisotopic (exact) mass is 491 g/mol. The first kappa shape index (κ1) is 22.2. The van der Waals surface area contributed by atoms with Crippen molar-refractivity contribution in [2.24, 2.45) is 0 Å². The number of morpholine rings is 1. The minimum Gasteiger partial charge on any atom is -0.457 e. The van der Waals surface area contributed by atoms with Gasteiger partial charge in [0.2, 0.25) is 5.95 Å². The molecule has 0 N–H and O–H groups in total. The molecule has 3 heterocycles. The Morgan fingerprint density at radius 3 is 2.53 bits per heavy atom. The number of allylic oxidation sites excluding steroid dienone is 1. The summed E-state index contributed by atoms with van der Waals surface area (Å²) < 4.78 is 13.3. The van der Waals surface area contributed by atoms with E-state index in [4.69, 9.17) is 32.4 Å². The molecule has 7 nitrogen and oxygen atoms in total. The molecule has 0 aliphatic carbocycles. The van der Waals surface area contributed by atoms with E-state index in [1.54, 1.807) is 30.3 Å². The maximum absolute atomic E-state index is 10.0. The number of rotatable bonds is 5. The summed E-state index contributed by atoms with van der Waals surface area (Å²) in [6.45, 7) is 2.61. The molecule has 1 saturated heterocycles. The van der Waals surface area contributed by atoms with E-state index >= 15 is 0 Å². The molecule has 34 heavy (non-hydrogen) atoms. The number of para-hydroxylation sites is 1. The Balaban J connectivity index is 1.56. The van der Waals surface area contributed by atoms with Gasteiger partial charge in [0.05, 0.1) is 28.9 Å². The average Bonchev–Trinajstić information content (AvgIpc) is 3.53. The summed E-state index contributed by atoms with van der Waals surface area (Å²) in [6.07, 6.45) is 1.65. The summed E-state index contributed by atoms with van der Waals surface area (Å²) in [7, 11) is 0. The van der Waals surface area contributed by atoms with Gasteiger partial charge in [-0.25, -0.2) is 0 Å². The largest absolute Gasteiger partial charge is 0.457 e. The molecule has 0 radical (unpaired) electrons. The quantitative estimate of drug-likeness (QED) is 0.331. The lowest BCUT2D eigenvalue weighted by atomic mass is 10.2. The van der Waals surface area contributed by atoms with Gasteiger partial charge in [0, 0.05) is 24.7 Å². The summed E-state index contributed by atoms with van der Waals surface area (Å²) in [5.41, 5.74) is 1.85. The number of furan rings is 1. The molecule has 2 aromatic heterocycles. The molecule has 2 aromatic carbocycles. The summed E-state index contributed by atoms with van der Waals surface area (Å²) in [6, 6.07) is 20.9. The fourth-order valence-corrected chi connectivity index (χ4v) is 4.19. The highest BCUT2D eigenvalue weighted by molar-refractivity contribution is 6.43. The van der Waals surface area contributed by atoms with Crippen LogP contribution in [0.5, 0.6) is 0 Å². The maximum atomic E-state index is 10.0. The molecule has 9 heteroatoms. The van der Waals surface area contributed by atoms with Crippen LogP contribution in [0.4, 0.5) is 5.95 Å². The number of benzene rings is 2. The lowest BCUT2D eigenvalue weighted by molar-refractivity contribution is 0.122. The number of anilines is 1. The zero-order chi connectivity index (χ0) is 23.5. The molecule has 0 bridgehead atoms. The van der Waals surface area contributed by atoms with Gasteiger partial charge in [-0.05, 0) is 36.4 Å². The first-order valence-corrected chi connectivity index (χ1v) is 11.4. The molecule has 0 saturated carbocycles. The number of aromatic nitrogens is 3. The van der Waals surface area contributed by atoms with Crippen LogP contribution in [-0.2, 0) is 4.74 Å². The third-order valence-corrected chi connectivity index (χ3v) is 6.26. The van der Waals surface area contributed by atoms with Crippen molar-refractivity contribution in [1.29, 1.82) is 5.26 Å². The standard InChI is InChI=1S/C25H19Cl2N5O2/c26-21-8-4-7-20(23(21)27)22-10-9-19(34-22)15-17(16-28)24-29-30-25(31-11-13-33-14-12-31)32(24)18-5-2-1-3-6-18/h1-10,15H,11-14H2/b17-15+. The fraction of sp³-hybridized carbons (Fsp3) is 0.160. The second kappa shape index (κ2) is 9.74. The summed E-state index contributed by atoms with van der Waals surface area (Å²) in [4.78, 5) is 2.11. The molecule has 1 aliphatic heterocycles. The molecule has 5 rings (SSSR count). The van der Waals surface area contributed by atoms with Crippen molar-refractivity contribution in [3.05, 3.63) is 82.3 Å². The van der Waals surface area contributed by atoms with E-state index in [0.717, 1.165) is 5.69 Å². The topological polar surface area (TPSA) is 80.1 Å². The molecule has 0 spiro atoms. The van der Waals surface area contributed by atoms with E-state index in [-0.39, 0.29) is 0 Å². The minimum atomic E-state index is 0.314. The second-order valence-corrected chi connectivity index (χ2v) is 8.35. The Kier molecular flexibility index (Phi) is 6.37. The Morgan fingerprint density at radius 1 is 0.971 bits per heavy atom. The molecule has 0 atom stereocenters. The zero-order valence-corrected chi connectivity index (χ0v) is 19.5. The van der Waals surface area contributed by atoms with Crippen LogP contribution in [0, 0.1) is 11.3 Å². The molecule has 4 aromatic rings. The smallest absolute Gasteiger partial charge is 0.232 e. The van der Waals surface area contributed by atoms with Gasteiger partial charge in [-0.1, -0.05) is 47.5 Å². The Morgan fingerprint density at radius 2 is 1.76 bits per heavy atom. The van der Waals surface area contributed by atoms with Gasteiger partial charge in [0.1, 0.15) is 23.2 Å². The van der Waals surface area contributed by atoms with Crippen molar-refractivity contribution >= 4 is 40.8 Å². The van der Waals surface area contributed by atoms with Crippen LogP contribution < -0.4 is 4.90 Å². The van der Waals surface area contributed by atoms with E-state index in [2.05, 4.69) is 21.2 Å². The average molecular weight is 492 g/mol. The van der Waals surface area contributed by atoms with Crippen LogP contribution in [-0.4, -0.2) is 41.1 Å². The van der Waals surface area contributed by atoms with Crippen molar-refractivity contribution in [1.82, 2.24) is 14.8 Å². The van der Waals surface area contributed by atoms with E-state index in [0.29, 0.717) is 70.8 Å². The van der Waals surface area contributed by atoms with Crippen molar-refractivity contribution in [2.75, 3.05) is 31.2 Å². The Hall–Kier alpha value is -3.57. The second-order valence-electron chi connectivity index (χ2n) is 7.57. The van der Waals surface area contributed by atoms with Gasteiger partial charge in [-0.3, -0.25) is 4.57 Å². The third-order valence-electron chi connectivity index (χ3n) is 5.45. The highest BCUT2D eigenvalue weighted by Crippen LogP contribution is 2.35. The SMILES string of the molecule is N#C/C(=C\c1ccc(-c2cccc(Cl)c2Cl)o1)c1nnc(N2CCOCC2)n1-c1ccccc1. The van der Waals surface area contributed by atoms with Crippen molar-refractivity contribution < 1.29 is 9.15 Å². The third kappa shape index (κ3) is 4.31. The van der Waals surface area contributed by atoms with Gasteiger partial charge in [0.25, 0.3) is 0 Å². The normalized spacial score (nSPS) is 14.3. The number of halogens is 2. The minimum absolute atomic E-state index is 0.314. The predicted molar refractivity (Wildman–Crippen MR) is 132 cm³/mol. The summed E-state index contributed by atoms with van der Waals surface area (Å²) in [5.74, 6) is 2.12. The Bertz CT molecular complexity index is 1380. The first-order chi connectivity index (χ1) is 16.7. The van der Waals surface area contributed by atoms with Crippen LogP contribution >= 0.6 is 23.2 Å². The van der Waals surface area contributed by atoms with Crippen LogP contribution in [0.15, 0.2) is 65.1 Å². The van der Waals surface area contributed by atoms with Crippen molar-refractivity contribution in [2.45, 2.75) is 0 Å². The molecule has 1 fully saturated rings. The summed E-state index contributed by atoms with van der Waals surface area (Å²) >= 11 is 12.5. The predicted octanol–water partition coefficient (Wildman–Crippen LogP) is 5.73.